The van der Waals surface area contributed by atoms with Gasteiger partial charge in [-0.25, -0.2) is 4.79 Å². The average Bonchev–Trinajstić information content (AvgIpc) is 3.04. The van der Waals surface area contributed by atoms with Gasteiger partial charge in [-0.05, 0) is 68.0 Å². The van der Waals surface area contributed by atoms with Crippen LogP contribution in [-0.2, 0) is 22.4 Å². The molecule has 3 rings (SSSR count). The number of amides is 1. The van der Waals surface area contributed by atoms with Gasteiger partial charge < -0.3 is 10.1 Å². The van der Waals surface area contributed by atoms with Crippen LogP contribution in [0.1, 0.15) is 57.7 Å². The summed E-state index contributed by atoms with van der Waals surface area (Å²) in [5, 5.41) is 2.65. The third-order valence-corrected chi connectivity index (χ3v) is 5.89. The van der Waals surface area contributed by atoms with Crippen molar-refractivity contribution in [1.29, 1.82) is 0 Å². The van der Waals surface area contributed by atoms with E-state index in [-0.39, 0.29) is 11.7 Å². The zero-order chi connectivity index (χ0) is 19.6. The molecular weight excluding hydrogens is 362 g/mol. The van der Waals surface area contributed by atoms with Gasteiger partial charge in [-0.3, -0.25) is 9.59 Å². The number of fused-ring (bicyclic) bond motifs is 1. The number of hydrogen-bond acceptors (Lipinski definition) is 5. The van der Waals surface area contributed by atoms with Crippen LogP contribution in [0.2, 0.25) is 0 Å². The molecule has 6 heteroatoms. The molecule has 0 fully saturated rings. The lowest BCUT2D eigenvalue weighted by atomic mass is 9.90. The molecule has 2 atom stereocenters. The molecule has 1 N–H and O–H groups in total. The molecule has 1 heterocycles. The number of benzene rings is 1. The summed E-state index contributed by atoms with van der Waals surface area (Å²) in [6.07, 6.45) is 2.27. The largest absolute Gasteiger partial charge is 0.450 e. The lowest BCUT2D eigenvalue weighted by Crippen LogP contribution is -2.24. The Labute approximate surface area is 162 Å². The van der Waals surface area contributed by atoms with Crippen molar-refractivity contribution in [3.05, 3.63) is 51.2 Å². The highest BCUT2D eigenvalue weighted by Crippen LogP contribution is 2.32. The van der Waals surface area contributed by atoms with Crippen molar-refractivity contribution >= 4 is 34.7 Å². The number of esters is 1. The van der Waals surface area contributed by atoms with Crippen LogP contribution in [0.3, 0.4) is 0 Å². The fourth-order valence-corrected chi connectivity index (χ4v) is 4.33. The van der Waals surface area contributed by atoms with Gasteiger partial charge in [0.05, 0.1) is 0 Å². The molecule has 0 bridgehead atoms. The van der Waals surface area contributed by atoms with Gasteiger partial charge in [0.2, 0.25) is 11.7 Å². The quantitative estimate of drug-likeness (QED) is 0.617. The maximum atomic E-state index is 12.5. The molecule has 1 aliphatic rings. The number of Topliss-reactive ketones (excluding diaryl/α,β-unsaturated/α-hetero) is 1. The fourth-order valence-electron chi connectivity index (χ4n) is 3.23. The first-order valence-electron chi connectivity index (χ1n) is 9.08. The highest BCUT2D eigenvalue weighted by molar-refractivity contribution is 7.14. The summed E-state index contributed by atoms with van der Waals surface area (Å²) in [7, 11) is 0. The third-order valence-electron chi connectivity index (χ3n) is 4.67. The van der Waals surface area contributed by atoms with Crippen molar-refractivity contribution in [2.45, 2.75) is 46.1 Å². The predicted molar refractivity (Wildman–Crippen MR) is 105 cm³/mol. The van der Waals surface area contributed by atoms with Gasteiger partial charge >= 0.3 is 5.97 Å². The second kappa shape index (κ2) is 8.05. The Balaban J connectivity index is 1.64. The van der Waals surface area contributed by atoms with Crippen molar-refractivity contribution in [2.24, 2.45) is 5.92 Å². The highest BCUT2D eigenvalue weighted by atomic mass is 32.1. The summed E-state index contributed by atoms with van der Waals surface area (Å²) in [6, 6.07) is 8.44. The Morgan fingerprint density at radius 3 is 2.59 bits per heavy atom. The number of carbonyl (C=O) groups is 3. The molecule has 27 heavy (non-hydrogen) atoms. The van der Waals surface area contributed by atoms with Gasteiger partial charge in [0.15, 0.2) is 6.10 Å². The van der Waals surface area contributed by atoms with E-state index in [0.717, 1.165) is 19.3 Å². The molecule has 1 amide bonds. The monoisotopic (exact) mass is 385 g/mol. The predicted octanol–water partition coefficient (Wildman–Crippen LogP) is 4.26. The van der Waals surface area contributed by atoms with Crippen molar-refractivity contribution in [3.63, 3.8) is 0 Å². The van der Waals surface area contributed by atoms with E-state index in [9.17, 15) is 14.4 Å². The molecular formula is C21H23NO4S. The van der Waals surface area contributed by atoms with Gasteiger partial charge in [0, 0.05) is 23.1 Å². The topological polar surface area (TPSA) is 72.5 Å². The fraction of sp³-hybridized carbons (Fsp3) is 0.381. The van der Waals surface area contributed by atoms with Crippen molar-refractivity contribution in [1.82, 2.24) is 0 Å². The average molecular weight is 385 g/mol. The van der Waals surface area contributed by atoms with Gasteiger partial charge in [-0.2, -0.15) is 0 Å². The molecule has 0 aliphatic heterocycles. The second-order valence-corrected chi connectivity index (χ2v) is 8.21. The van der Waals surface area contributed by atoms with E-state index in [4.69, 9.17) is 4.74 Å². The highest BCUT2D eigenvalue weighted by Gasteiger charge is 2.24. The number of nitrogens with one attached hydrogen (secondary N) is 1. The van der Waals surface area contributed by atoms with E-state index in [1.54, 1.807) is 31.2 Å². The van der Waals surface area contributed by atoms with Crippen LogP contribution in [0.15, 0.2) is 30.3 Å². The molecule has 1 aliphatic carbocycles. The molecule has 1 aromatic carbocycles. The number of ether oxygens (including phenoxy) is 1. The molecule has 0 saturated carbocycles. The van der Waals surface area contributed by atoms with Gasteiger partial charge in [-0.15, -0.1) is 11.3 Å². The molecule has 1 aromatic heterocycles. The molecule has 5 nitrogen and oxygen atoms in total. The van der Waals surface area contributed by atoms with Gasteiger partial charge in [-0.1, -0.05) is 6.92 Å². The minimum atomic E-state index is -0.873. The number of anilines is 1. The molecule has 0 unspecified atom stereocenters. The van der Waals surface area contributed by atoms with E-state index in [1.165, 1.54) is 28.7 Å². The Bertz CT molecular complexity index is 869. The maximum Gasteiger partial charge on any atom is 0.349 e. The van der Waals surface area contributed by atoms with Gasteiger partial charge in [0.1, 0.15) is 4.88 Å². The summed E-state index contributed by atoms with van der Waals surface area (Å²) in [5.41, 5.74) is 2.28. The first kappa shape index (κ1) is 19.3. The summed E-state index contributed by atoms with van der Waals surface area (Å²) >= 11 is 1.48. The zero-order valence-corrected chi connectivity index (χ0v) is 16.5. The maximum absolute atomic E-state index is 12.5. The van der Waals surface area contributed by atoms with Crippen molar-refractivity contribution in [3.8, 4) is 0 Å². The number of carbonyl (C=O) groups excluding carboxylic acids is 3. The Hall–Kier alpha value is -2.47. The van der Waals surface area contributed by atoms with E-state index in [0.29, 0.717) is 22.0 Å². The van der Waals surface area contributed by atoms with Gasteiger partial charge in [0.25, 0.3) is 0 Å². The van der Waals surface area contributed by atoms with Crippen LogP contribution in [0, 0.1) is 5.92 Å². The third kappa shape index (κ3) is 4.63. The smallest absolute Gasteiger partial charge is 0.349 e. The summed E-state index contributed by atoms with van der Waals surface area (Å²) < 4.78 is 5.40. The molecule has 142 valence electrons. The van der Waals surface area contributed by atoms with Crippen molar-refractivity contribution in [2.75, 3.05) is 5.32 Å². The SMILES string of the molecule is CC(=O)Nc1ccc(C(=O)[C@@H](C)OC(=O)c2cc3c(s2)CC[C@@H](C)C3)cc1. The van der Waals surface area contributed by atoms with Crippen LogP contribution < -0.4 is 5.32 Å². The standard InChI is InChI=1S/C21H23NO4S/c1-12-4-9-18-16(10-12)11-19(27-18)21(25)26-13(2)20(24)15-5-7-17(8-6-15)22-14(3)23/h5-8,11-13H,4,9-10H2,1-3H3,(H,22,23)/t12-,13-/m1/s1. The number of aryl methyl sites for hydroxylation is 1. The summed E-state index contributed by atoms with van der Waals surface area (Å²) in [5.74, 6) is -0.258. The minimum Gasteiger partial charge on any atom is -0.450 e. The number of ketones is 1. The van der Waals surface area contributed by atoms with Crippen molar-refractivity contribution < 1.29 is 19.1 Å². The first-order chi connectivity index (χ1) is 12.8. The number of hydrogen-bond donors (Lipinski definition) is 1. The molecule has 2 aromatic rings. The molecule has 0 radical (unpaired) electrons. The molecule has 0 spiro atoms. The molecule has 0 saturated heterocycles. The number of rotatable bonds is 5. The lowest BCUT2D eigenvalue weighted by molar-refractivity contribution is -0.114. The second-order valence-electron chi connectivity index (χ2n) is 7.08. The summed E-state index contributed by atoms with van der Waals surface area (Å²) in [4.78, 5) is 37.8. The van der Waals surface area contributed by atoms with E-state index in [2.05, 4.69) is 12.2 Å². The number of thiophene rings is 1. The Morgan fingerprint density at radius 2 is 1.93 bits per heavy atom. The Kier molecular flexibility index (Phi) is 5.75. The normalized spacial score (nSPS) is 16.9. The van der Waals surface area contributed by atoms with Crippen LogP contribution >= 0.6 is 11.3 Å². The lowest BCUT2D eigenvalue weighted by Gasteiger charge is -2.16. The van der Waals surface area contributed by atoms with E-state index >= 15 is 0 Å². The van der Waals surface area contributed by atoms with Crippen LogP contribution in [0.25, 0.3) is 0 Å². The minimum absolute atomic E-state index is 0.176. The van der Waals surface area contributed by atoms with E-state index in [1.807, 2.05) is 6.07 Å². The van der Waals surface area contributed by atoms with Crippen LogP contribution in [0.4, 0.5) is 5.69 Å². The van der Waals surface area contributed by atoms with Crippen LogP contribution in [-0.4, -0.2) is 23.8 Å². The summed E-state index contributed by atoms with van der Waals surface area (Å²) in [6.45, 7) is 5.22. The first-order valence-corrected chi connectivity index (χ1v) is 9.89. The Morgan fingerprint density at radius 1 is 1.22 bits per heavy atom. The zero-order valence-electron chi connectivity index (χ0n) is 15.7. The van der Waals surface area contributed by atoms with Crippen LogP contribution in [0.5, 0.6) is 0 Å². The van der Waals surface area contributed by atoms with E-state index < -0.39 is 12.1 Å².